The highest BCUT2D eigenvalue weighted by Crippen LogP contribution is 2.41. The van der Waals surface area contributed by atoms with Gasteiger partial charge in [0.2, 0.25) is 0 Å². The summed E-state index contributed by atoms with van der Waals surface area (Å²) < 4.78 is 0. The molecule has 0 fully saturated rings. The Morgan fingerprint density at radius 1 is 1.43 bits per heavy atom. The molecule has 0 spiro atoms. The Kier molecular flexibility index (Phi) is 2.36. The van der Waals surface area contributed by atoms with E-state index in [4.69, 9.17) is 5.73 Å². The highest BCUT2D eigenvalue weighted by Gasteiger charge is 2.33. The van der Waals surface area contributed by atoms with Crippen molar-refractivity contribution in [2.45, 2.75) is 38.5 Å². The first kappa shape index (κ1) is 9.72. The van der Waals surface area contributed by atoms with Crippen molar-refractivity contribution in [1.29, 1.82) is 0 Å². The van der Waals surface area contributed by atoms with Crippen LogP contribution in [0.3, 0.4) is 0 Å². The van der Waals surface area contributed by atoms with Crippen LogP contribution in [-0.2, 0) is 11.8 Å². The third-order valence-electron chi connectivity index (χ3n) is 3.55. The molecule has 1 nitrogen and oxygen atoms in total. The Balaban J connectivity index is 2.39. The van der Waals surface area contributed by atoms with Gasteiger partial charge in [-0.25, -0.2) is 0 Å². The van der Waals surface area contributed by atoms with Gasteiger partial charge in [0.05, 0.1) is 0 Å². The Labute approximate surface area is 86.3 Å². The van der Waals surface area contributed by atoms with Gasteiger partial charge in [-0.3, -0.25) is 0 Å². The maximum Gasteiger partial charge on any atom is -0.00574 e. The zero-order chi connectivity index (χ0) is 10.2. The quantitative estimate of drug-likeness (QED) is 0.760. The fourth-order valence-corrected chi connectivity index (χ4v) is 2.64. The van der Waals surface area contributed by atoms with Gasteiger partial charge in [-0.15, -0.1) is 0 Å². The summed E-state index contributed by atoms with van der Waals surface area (Å²) in [5.74, 6) is 0. The molecule has 0 aliphatic heterocycles. The molecule has 0 saturated heterocycles. The van der Waals surface area contributed by atoms with Crippen LogP contribution in [0.15, 0.2) is 18.2 Å². The molecular weight excluding hydrogens is 170 g/mol. The molecule has 0 radical (unpaired) electrons. The average Bonchev–Trinajstić information content (AvgIpc) is 2.44. The Morgan fingerprint density at radius 2 is 2.21 bits per heavy atom. The first-order valence-corrected chi connectivity index (χ1v) is 5.46. The topological polar surface area (TPSA) is 26.0 Å². The lowest BCUT2D eigenvalue weighted by molar-refractivity contribution is 0.438. The van der Waals surface area contributed by atoms with Gasteiger partial charge in [-0.1, -0.05) is 30.7 Å². The smallest absolute Gasteiger partial charge is 0.00574 e. The van der Waals surface area contributed by atoms with Gasteiger partial charge >= 0.3 is 0 Å². The van der Waals surface area contributed by atoms with Crippen LogP contribution in [0.4, 0.5) is 0 Å². The largest absolute Gasteiger partial charge is 0.330 e. The molecule has 1 unspecified atom stereocenters. The van der Waals surface area contributed by atoms with Crippen molar-refractivity contribution in [2.24, 2.45) is 5.73 Å². The van der Waals surface area contributed by atoms with Crippen molar-refractivity contribution in [3.63, 3.8) is 0 Å². The van der Waals surface area contributed by atoms with E-state index in [0.29, 0.717) is 5.41 Å². The van der Waals surface area contributed by atoms with Gasteiger partial charge in [0.15, 0.2) is 0 Å². The molecule has 2 N–H and O–H groups in total. The maximum atomic E-state index is 5.68. The van der Waals surface area contributed by atoms with E-state index in [0.717, 1.165) is 13.0 Å². The lowest BCUT2D eigenvalue weighted by Crippen LogP contribution is -2.22. The second-order valence-corrected chi connectivity index (χ2v) is 4.76. The van der Waals surface area contributed by atoms with Crippen LogP contribution in [0.5, 0.6) is 0 Å². The van der Waals surface area contributed by atoms with Crippen LogP contribution in [0.1, 0.15) is 36.5 Å². The molecule has 0 saturated carbocycles. The molecule has 1 aromatic carbocycles. The summed E-state index contributed by atoms with van der Waals surface area (Å²) >= 11 is 0. The number of rotatable bonds is 2. The molecule has 0 heterocycles. The molecule has 1 atom stereocenters. The van der Waals surface area contributed by atoms with Gasteiger partial charge in [0.25, 0.3) is 0 Å². The molecule has 0 bridgehead atoms. The zero-order valence-electron chi connectivity index (χ0n) is 9.14. The predicted molar refractivity (Wildman–Crippen MR) is 60.5 cm³/mol. The molecule has 1 heteroatoms. The molecular formula is C13H19N. The van der Waals surface area contributed by atoms with E-state index >= 15 is 0 Å². The third-order valence-corrected chi connectivity index (χ3v) is 3.55. The van der Waals surface area contributed by atoms with Crippen LogP contribution in [0.2, 0.25) is 0 Å². The van der Waals surface area contributed by atoms with E-state index in [1.54, 1.807) is 5.56 Å². The average molecular weight is 189 g/mol. The molecule has 76 valence electrons. The Bertz CT molecular complexity index is 343. The minimum atomic E-state index is 0.345. The minimum Gasteiger partial charge on any atom is -0.330 e. The van der Waals surface area contributed by atoms with Gasteiger partial charge in [-0.2, -0.15) is 0 Å². The first-order chi connectivity index (χ1) is 6.65. The summed E-state index contributed by atoms with van der Waals surface area (Å²) in [5, 5.41) is 0. The molecule has 2 rings (SSSR count). The van der Waals surface area contributed by atoms with Crippen molar-refractivity contribution in [3.8, 4) is 0 Å². The van der Waals surface area contributed by atoms with Crippen LogP contribution >= 0.6 is 0 Å². The fourth-order valence-electron chi connectivity index (χ4n) is 2.64. The molecule has 1 aromatic rings. The van der Waals surface area contributed by atoms with Crippen molar-refractivity contribution >= 4 is 0 Å². The van der Waals surface area contributed by atoms with E-state index in [-0.39, 0.29) is 0 Å². The Hall–Kier alpha value is -0.820. The number of aryl methyl sites for hydroxylation is 2. The van der Waals surface area contributed by atoms with E-state index in [9.17, 15) is 0 Å². The highest BCUT2D eigenvalue weighted by atomic mass is 14.5. The van der Waals surface area contributed by atoms with Crippen LogP contribution < -0.4 is 5.73 Å². The summed E-state index contributed by atoms with van der Waals surface area (Å²) in [7, 11) is 0. The molecule has 0 amide bonds. The first-order valence-electron chi connectivity index (χ1n) is 5.46. The standard InChI is InChI=1S/C13H19N/c1-10-3-4-12-11(9-10)5-6-13(12,2)7-8-14/h3-4,9H,5-8,14H2,1-2H3. The lowest BCUT2D eigenvalue weighted by Gasteiger charge is -2.24. The molecule has 14 heavy (non-hydrogen) atoms. The van der Waals surface area contributed by atoms with E-state index in [1.165, 1.54) is 24.0 Å². The van der Waals surface area contributed by atoms with Crippen molar-refractivity contribution in [1.82, 2.24) is 0 Å². The van der Waals surface area contributed by atoms with Crippen molar-refractivity contribution < 1.29 is 0 Å². The van der Waals surface area contributed by atoms with Gasteiger partial charge in [-0.05, 0) is 49.3 Å². The van der Waals surface area contributed by atoms with Gasteiger partial charge < -0.3 is 5.73 Å². The molecule has 1 aliphatic carbocycles. The summed E-state index contributed by atoms with van der Waals surface area (Å²) in [4.78, 5) is 0. The predicted octanol–water partition coefficient (Wildman–Crippen LogP) is 2.55. The second-order valence-electron chi connectivity index (χ2n) is 4.76. The summed E-state index contributed by atoms with van der Waals surface area (Å²) in [6.07, 6.45) is 3.61. The van der Waals surface area contributed by atoms with E-state index < -0.39 is 0 Å². The normalized spacial score (nSPS) is 25.1. The van der Waals surface area contributed by atoms with E-state index in [1.807, 2.05) is 0 Å². The van der Waals surface area contributed by atoms with Crippen LogP contribution in [0.25, 0.3) is 0 Å². The van der Waals surface area contributed by atoms with Crippen LogP contribution in [-0.4, -0.2) is 6.54 Å². The minimum absolute atomic E-state index is 0.345. The third kappa shape index (κ3) is 1.46. The number of benzene rings is 1. The fraction of sp³-hybridized carbons (Fsp3) is 0.538. The summed E-state index contributed by atoms with van der Waals surface area (Å²) in [6.45, 7) is 5.31. The number of nitrogens with two attached hydrogens (primary N) is 1. The van der Waals surface area contributed by atoms with Gasteiger partial charge in [0.1, 0.15) is 0 Å². The monoisotopic (exact) mass is 189 g/mol. The SMILES string of the molecule is Cc1ccc2c(c1)CCC2(C)CCN. The zero-order valence-corrected chi connectivity index (χ0v) is 9.14. The maximum absolute atomic E-state index is 5.68. The van der Waals surface area contributed by atoms with E-state index in [2.05, 4.69) is 32.0 Å². The number of hydrogen-bond acceptors (Lipinski definition) is 1. The molecule has 0 aromatic heterocycles. The van der Waals surface area contributed by atoms with Crippen LogP contribution in [0, 0.1) is 6.92 Å². The van der Waals surface area contributed by atoms with Gasteiger partial charge in [0, 0.05) is 0 Å². The summed E-state index contributed by atoms with van der Waals surface area (Å²) in [5.41, 5.74) is 10.5. The van der Waals surface area contributed by atoms with Crippen molar-refractivity contribution in [3.05, 3.63) is 34.9 Å². The van der Waals surface area contributed by atoms with Crippen molar-refractivity contribution in [2.75, 3.05) is 6.54 Å². The summed E-state index contributed by atoms with van der Waals surface area (Å²) in [6, 6.07) is 6.85. The Morgan fingerprint density at radius 3 is 2.93 bits per heavy atom. The second kappa shape index (κ2) is 3.39. The molecule has 1 aliphatic rings. The highest BCUT2D eigenvalue weighted by molar-refractivity contribution is 5.41. The number of fused-ring (bicyclic) bond motifs is 1. The number of hydrogen-bond donors (Lipinski definition) is 1. The lowest BCUT2D eigenvalue weighted by atomic mass is 9.81.